The number of carbonyl (C=O) groups excluding carboxylic acids is 2. The molecule has 7 nitrogen and oxygen atoms in total. The maximum absolute atomic E-state index is 13.7. The number of pyridine rings is 1. The molecule has 0 unspecified atom stereocenters. The summed E-state index contributed by atoms with van der Waals surface area (Å²) in [4.78, 5) is 38.2. The summed E-state index contributed by atoms with van der Waals surface area (Å²) in [6.07, 6.45) is 8.14. The van der Waals surface area contributed by atoms with E-state index in [4.69, 9.17) is 9.72 Å². The van der Waals surface area contributed by atoms with Gasteiger partial charge in [-0.1, -0.05) is 18.6 Å². The van der Waals surface area contributed by atoms with Gasteiger partial charge in [0.05, 0.1) is 24.8 Å². The summed E-state index contributed by atoms with van der Waals surface area (Å²) in [6, 6.07) is 12.3. The molecule has 2 amide bonds. The summed E-state index contributed by atoms with van der Waals surface area (Å²) in [5, 5.41) is 0. The molecule has 5 rings (SSSR count). The zero-order valence-corrected chi connectivity index (χ0v) is 23.0. The van der Waals surface area contributed by atoms with E-state index in [1.807, 2.05) is 53.1 Å². The number of likely N-dealkylation sites (tertiary alicyclic amines) is 3. The number of benzene rings is 1. The van der Waals surface area contributed by atoms with Crippen molar-refractivity contribution >= 4 is 11.8 Å². The molecule has 2 aromatic rings. The van der Waals surface area contributed by atoms with Crippen molar-refractivity contribution in [3.05, 3.63) is 58.9 Å². The third-order valence-electron chi connectivity index (χ3n) is 8.68. The normalized spacial score (nSPS) is 19.9. The zero-order valence-electron chi connectivity index (χ0n) is 23.0. The Bertz CT molecular complexity index is 1110. The first-order valence-electron chi connectivity index (χ1n) is 14.4. The molecule has 1 aromatic heterocycles. The van der Waals surface area contributed by atoms with Crippen LogP contribution < -0.4 is 4.74 Å². The van der Waals surface area contributed by atoms with E-state index in [0.717, 1.165) is 67.0 Å². The number of piperidine rings is 3. The number of aryl methyl sites for hydroxylation is 1. The van der Waals surface area contributed by atoms with Crippen molar-refractivity contribution in [2.45, 2.75) is 70.3 Å². The highest BCUT2D eigenvalue weighted by atomic mass is 16.5. The number of methoxy groups -OCH3 is 1. The number of amides is 2. The number of hydrogen-bond donors (Lipinski definition) is 0. The van der Waals surface area contributed by atoms with Crippen LogP contribution in [-0.2, 0) is 11.2 Å². The second-order valence-corrected chi connectivity index (χ2v) is 11.2. The first-order chi connectivity index (χ1) is 18.5. The fraction of sp³-hybridized carbons (Fsp3) is 0.581. The van der Waals surface area contributed by atoms with Crippen molar-refractivity contribution in [2.24, 2.45) is 0 Å². The van der Waals surface area contributed by atoms with Gasteiger partial charge in [-0.3, -0.25) is 14.6 Å². The summed E-state index contributed by atoms with van der Waals surface area (Å²) in [5.41, 5.74) is 3.59. The monoisotopic (exact) mass is 518 g/mol. The van der Waals surface area contributed by atoms with Crippen LogP contribution in [0.5, 0.6) is 5.75 Å². The average molecular weight is 519 g/mol. The van der Waals surface area contributed by atoms with E-state index in [2.05, 4.69) is 4.90 Å². The molecule has 0 aliphatic carbocycles. The van der Waals surface area contributed by atoms with E-state index >= 15 is 0 Å². The Kier molecular flexibility index (Phi) is 8.62. The summed E-state index contributed by atoms with van der Waals surface area (Å²) in [7, 11) is 1.64. The maximum Gasteiger partial charge on any atom is 0.255 e. The van der Waals surface area contributed by atoms with Crippen molar-refractivity contribution < 1.29 is 14.3 Å². The van der Waals surface area contributed by atoms with Crippen molar-refractivity contribution in [3.8, 4) is 5.75 Å². The van der Waals surface area contributed by atoms with Crippen molar-refractivity contribution in [1.82, 2.24) is 19.7 Å². The molecule has 1 aromatic carbocycles. The van der Waals surface area contributed by atoms with Gasteiger partial charge in [0.2, 0.25) is 5.91 Å². The van der Waals surface area contributed by atoms with Crippen LogP contribution in [0.3, 0.4) is 0 Å². The number of hydrogen-bond acceptors (Lipinski definition) is 5. The molecular formula is C31H42N4O3. The smallest absolute Gasteiger partial charge is 0.255 e. The van der Waals surface area contributed by atoms with Gasteiger partial charge in [-0.2, -0.15) is 0 Å². The lowest BCUT2D eigenvalue weighted by Gasteiger charge is -2.40. The minimum Gasteiger partial charge on any atom is -0.497 e. The molecule has 0 bridgehead atoms. The molecule has 0 N–H and O–H groups in total. The number of aromatic nitrogens is 1. The van der Waals surface area contributed by atoms with Crippen LogP contribution in [0.25, 0.3) is 0 Å². The lowest BCUT2D eigenvalue weighted by Crippen LogP contribution is -2.48. The quantitative estimate of drug-likeness (QED) is 0.566. The predicted octanol–water partition coefficient (Wildman–Crippen LogP) is 4.44. The van der Waals surface area contributed by atoms with Crippen molar-refractivity contribution in [3.63, 3.8) is 0 Å². The third-order valence-corrected chi connectivity index (χ3v) is 8.68. The molecular weight excluding hydrogens is 476 g/mol. The van der Waals surface area contributed by atoms with Gasteiger partial charge in [-0.05, 0) is 88.4 Å². The number of nitrogens with zero attached hydrogens (tertiary/aromatic N) is 4. The molecule has 4 heterocycles. The van der Waals surface area contributed by atoms with E-state index in [1.165, 1.54) is 32.4 Å². The summed E-state index contributed by atoms with van der Waals surface area (Å²) in [6.45, 7) is 7.45. The Balaban J connectivity index is 1.19. The van der Waals surface area contributed by atoms with Crippen LogP contribution in [-0.4, -0.2) is 83.9 Å². The largest absolute Gasteiger partial charge is 0.497 e. The van der Waals surface area contributed by atoms with E-state index in [0.29, 0.717) is 25.6 Å². The van der Waals surface area contributed by atoms with Crippen molar-refractivity contribution in [1.29, 1.82) is 0 Å². The predicted molar refractivity (Wildman–Crippen MR) is 149 cm³/mol. The second-order valence-electron chi connectivity index (χ2n) is 11.2. The fourth-order valence-corrected chi connectivity index (χ4v) is 6.43. The van der Waals surface area contributed by atoms with Gasteiger partial charge in [0.25, 0.3) is 5.91 Å². The van der Waals surface area contributed by atoms with Gasteiger partial charge in [-0.25, -0.2) is 0 Å². The number of carbonyl (C=O) groups is 2. The van der Waals surface area contributed by atoms with Crippen LogP contribution in [0, 0.1) is 6.92 Å². The van der Waals surface area contributed by atoms with Crippen molar-refractivity contribution in [2.75, 3.05) is 46.4 Å². The molecule has 0 spiro atoms. The molecule has 3 aliphatic heterocycles. The fourth-order valence-electron chi connectivity index (χ4n) is 6.43. The Morgan fingerprint density at radius 1 is 0.895 bits per heavy atom. The lowest BCUT2D eigenvalue weighted by molar-refractivity contribution is -0.131. The highest BCUT2D eigenvalue weighted by Gasteiger charge is 2.32. The molecule has 204 valence electrons. The second kappa shape index (κ2) is 12.3. The maximum atomic E-state index is 13.7. The van der Waals surface area contributed by atoms with E-state index in [1.54, 1.807) is 7.11 Å². The number of ether oxygens (including phenoxy) is 1. The van der Waals surface area contributed by atoms with Gasteiger partial charge in [0, 0.05) is 43.8 Å². The molecule has 38 heavy (non-hydrogen) atoms. The zero-order chi connectivity index (χ0) is 26.5. The van der Waals surface area contributed by atoms with Gasteiger partial charge in [0.15, 0.2) is 0 Å². The lowest BCUT2D eigenvalue weighted by atomic mass is 9.89. The number of rotatable bonds is 6. The van der Waals surface area contributed by atoms with Crippen LogP contribution in [0.4, 0.5) is 0 Å². The van der Waals surface area contributed by atoms with Gasteiger partial charge in [-0.15, -0.1) is 0 Å². The Labute approximate surface area is 227 Å². The topological polar surface area (TPSA) is 66.0 Å². The Morgan fingerprint density at radius 3 is 2.32 bits per heavy atom. The minimum absolute atomic E-state index is 0.126. The molecule has 3 fully saturated rings. The molecule has 0 saturated carbocycles. The van der Waals surface area contributed by atoms with Crippen LogP contribution in [0.15, 0.2) is 36.4 Å². The summed E-state index contributed by atoms with van der Waals surface area (Å²) < 4.78 is 5.30. The molecule has 0 atom stereocenters. The van der Waals surface area contributed by atoms with E-state index < -0.39 is 0 Å². The van der Waals surface area contributed by atoms with E-state index in [9.17, 15) is 9.59 Å². The third kappa shape index (κ3) is 6.20. The van der Waals surface area contributed by atoms with Gasteiger partial charge >= 0.3 is 0 Å². The summed E-state index contributed by atoms with van der Waals surface area (Å²) in [5.74, 6) is 1.23. The molecule has 7 heteroatoms. The van der Waals surface area contributed by atoms with Crippen LogP contribution in [0.1, 0.15) is 78.2 Å². The molecule has 3 aliphatic rings. The van der Waals surface area contributed by atoms with Gasteiger partial charge < -0.3 is 19.4 Å². The Hall–Kier alpha value is -2.93. The van der Waals surface area contributed by atoms with Crippen LogP contribution >= 0.6 is 0 Å². The average Bonchev–Trinajstić information content (AvgIpc) is 2.97. The molecule has 0 radical (unpaired) electrons. The highest BCUT2D eigenvalue weighted by molar-refractivity contribution is 5.95. The molecule has 3 saturated heterocycles. The van der Waals surface area contributed by atoms with Crippen LogP contribution in [0.2, 0.25) is 0 Å². The first kappa shape index (κ1) is 26.7. The van der Waals surface area contributed by atoms with E-state index in [-0.39, 0.29) is 17.7 Å². The SMILES string of the molecule is COc1cccc(CC(=O)N2CCC(c3nc(C)ccc3C(=O)N3CCC(N4CCCCC4)CC3)CC2)c1. The standard InChI is InChI=1S/C31H42N4O3/c1-23-9-10-28(31(37)35-19-13-26(14-20-35)33-15-4-3-5-16-33)30(32-23)25-11-17-34(18-12-25)29(36)22-24-7-6-8-27(21-24)38-2/h6-10,21,25-26H,3-5,11-20,22H2,1-2H3. The summed E-state index contributed by atoms with van der Waals surface area (Å²) >= 11 is 0. The first-order valence-corrected chi connectivity index (χ1v) is 14.4. The van der Waals surface area contributed by atoms with Gasteiger partial charge in [0.1, 0.15) is 5.75 Å². The highest BCUT2D eigenvalue weighted by Crippen LogP contribution is 2.31. The Morgan fingerprint density at radius 2 is 1.61 bits per heavy atom. The minimum atomic E-state index is 0.126.